The van der Waals surface area contributed by atoms with Crippen molar-refractivity contribution >= 4 is 22.7 Å². The van der Waals surface area contributed by atoms with E-state index >= 15 is 0 Å². The predicted octanol–water partition coefficient (Wildman–Crippen LogP) is 3.90. The summed E-state index contributed by atoms with van der Waals surface area (Å²) >= 11 is 0. The van der Waals surface area contributed by atoms with Crippen LogP contribution in [0, 0.1) is 0 Å². The molecule has 4 heterocycles. The van der Waals surface area contributed by atoms with Gasteiger partial charge in [-0.25, -0.2) is 15.0 Å². The zero-order chi connectivity index (χ0) is 20.7. The largest absolute Gasteiger partial charge is 0.416 e. The van der Waals surface area contributed by atoms with E-state index in [2.05, 4.69) is 19.4 Å². The van der Waals surface area contributed by atoms with Gasteiger partial charge in [-0.1, -0.05) is 12.5 Å². The van der Waals surface area contributed by atoms with Crippen LogP contribution in [0.25, 0.3) is 11.2 Å². The fourth-order valence-corrected chi connectivity index (χ4v) is 4.41. The lowest BCUT2D eigenvalue weighted by Gasteiger charge is -2.36. The lowest BCUT2D eigenvalue weighted by Crippen LogP contribution is -2.47. The number of anilines is 2. The van der Waals surface area contributed by atoms with Gasteiger partial charge in [-0.15, -0.1) is 0 Å². The van der Waals surface area contributed by atoms with Gasteiger partial charge in [0.2, 0.25) is 0 Å². The van der Waals surface area contributed by atoms with Crippen LogP contribution in [0.4, 0.5) is 24.7 Å². The van der Waals surface area contributed by atoms with Crippen molar-refractivity contribution in [1.82, 2.24) is 19.5 Å². The van der Waals surface area contributed by atoms with E-state index < -0.39 is 11.7 Å². The summed E-state index contributed by atoms with van der Waals surface area (Å²) < 4.78 is 41.3. The number of rotatable bonds is 2. The molecular formula is C21H23F3N6. The molecule has 2 aliphatic rings. The molecule has 158 valence electrons. The van der Waals surface area contributed by atoms with Crippen LogP contribution in [0.15, 0.2) is 30.6 Å². The number of nitrogens with zero attached hydrogens (tertiary/aromatic N) is 6. The first-order chi connectivity index (χ1) is 14.5. The second-order valence-corrected chi connectivity index (χ2v) is 7.88. The minimum Gasteiger partial charge on any atom is -0.368 e. The van der Waals surface area contributed by atoms with Gasteiger partial charge in [0.1, 0.15) is 12.2 Å². The molecule has 0 N–H and O–H groups in total. The Hall–Kier alpha value is -2.84. The number of benzene rings is 1. The quantitative estimate of drug-likeness (QED) is 0.634. The zero-order valence-corrected chi connectivity index (χ0v) is 16.6. The standard InChI is InChI=1S/C21H23F3N6/c22-21(23,24)15-5-4-6-16(13-15)28-9-11-29(12-10-28)19-18-20(26-14-25-19)30-8-3-1-2-7-17(30)27-18/h4-6,13-14H,1-3,7-12H2. The van der Waals surface area contributed by atoms with Gasteiger partial charge >= 0.3 is 6.18 Å². The van der Waals surface area contributed by atoms with Crippen molar-refractivity contribution in [2.75, 3.05) is 36.0 Å². The maximum atomic E-state index is 13.0. The molecule has 1 fully saturated rings. The summed E-state index contributed by atoms with van der Waals surface area (Å²) in [5.74, 6) is 1.90. The molecule has 2 aromatic heterocycles. The highest BCUT2D eigenvalue weighted by atomic mass is 19.4. The van der Waals surface area contributed by atoms with Crippen molar-refractivity contribution < 1.29 is 13.2 Å². The first kappa shape index (κ1) is 19.1. The van der Waals surface area contributed by atoms with Crippen LogP contribution >= 0.6 is 0 Å². The summed E-state index contributed by atoms with van der Waals surface area (Å²) in [6.45, 7) is 3.53. The second-order valence-electron chi connectivity index (χ2n) is 7.88. The monoisotopic (exact) mass is 416 g/mol. The van der Waals surface area contributed by atoms with E-state index in [1.165, 1.54) is 18.6 Å². The van der Waals surface area contributed by atoms with Gasteiger partial charge in [-0.05, 0) is 31.0 Å². The van der Waals surface area contributed by atoms with Crippen molar-refractivity contribution in [3.05, 3.63) is 42.0 Å². The van der Waals surface area contributed by atoms with Gasteiger partial charge in [-0.2, -0.15) is 13.2 Å². The Morgan fingerprint density at radius 2 is 1.67 bits per heavy atom. The lowest BCUT2D eigenvalue weighted by molar-refractivity contribution is -0.137. The van der Waals surface area contributed by atoms with Gasteiger partial charge in [-0.3, -0.25) is 0 Å². The van der Waals surface area contributed by atoms with E-state index in [9.17, 15) is 13.2 Å². The molecule has 3 aromatic rings. The smallest absolute Gasteiger partial charge is 0.368 e. The Labute approximate surface area is 172 Å². The molecule has 2 aliphatic heterocycles. The molecule has 0 bridgehead atoms. The fraction of sp³-hybridized carbons (Fsp3) is 0.476. The number of halogens is 3. The van der Waals surface area contributed by atoms with E-state index in [1.54, 1.807) is 12.4 Å². The summed E-state index contributed by atoms with van der Waals surface area (Å²) in [4.78, 5) is 18.0. The van der Waals surface area contributed by atoms with Crippen LogP contribution in [-0.4, -0.2) is 45.7 Å². The molecule has 0 saturated carbocycles. The van der Waals surface area contributed by atoms with Crippen molar-refractivity contribution in [2.45, 2.75) is 38.4 Å². The fourth-order valence-electron chi connectivity index (χ4n) is 4.41. The van der Waals surface area contributed by atoms with E-state index in [-0.39, 0.29) is 0 Å². The molecular weight excluding hydrogens is 393 g/mol. The summed E-state index contributed by atoms with van der Waals surface area (Å²) in [5.41, 5.74) is 1.71. The summed E-state index contributed by atoms with van der Waals surface area (Å²) in [6, 6.07) is 5.54. The van der Waals surface area contributed by atoms with E-state index in [0.717, 1.165) is 54.7 Å². The minimum absolute atomic E-state index is 0.603. The van der Waals surface area contributed by atoms with Crippen LogP contribution in [0.3, 0.4) is 0 Å². The van der Waals surface area contributed by atoms with Crippen LogP contribution in [0.2, 0.25) is 0 Å². The van der Waals surface area contributed by atoms with E-state index in [4.69, 9.17) is 4.98 Å². The Kier molecular flexibility index (Phi) is 4.75. The molecule has 0 radical (unpaired) electrons. The lowest BCUT2D eigenvalue weighted by atomic mass is 10.1. The van der Waals surface area contributed by atoms with Crippen LogP contribution in [0.5, 0.6) is 0 Å². The third-order valence-electron chi connectivity index (χ3n) is 5.99. The van der Waals surface area contributed by atoms with Crippen molar-refractivity contribution in [3.63, 3.8) is 0 Å². The Balaban J connectivity index is 1.37. The number of piperazine rings is 1. The predicted molar refractivity (Wildman–Crippen MR) is 109 cm³/mol. The van der Waals surface area contributed by atoms with Crippen molar-refractivity contribution in [3.8, 4) is 0 Å². The number of hydrogen-bond acceptors (Lipinski definition) is 5. The first-order valence-electron chi connectivity index (χ1n) is 10.4. The van der Waals surface area contributed by atoms with Crippen molar-refractivity contribution in [2.24, 2.45) is 0 Å². The molecule has 5 rings (SSSR count). The number of imidazole rings is 1. The molecule has 30 heavy (non-hydrogen) atoms. The number of fused-ring (bicyclic) bond motifs is 3. The van der Waals surface area contributed by atoms with Gasteiger partial charge in [0.25, 0.3) is 0 Å². The number of aromatic nitrogens is 4. The molecule has 1 aromatic carbocycles. The maximum absolute atomic E-state index is 13.0. The summed E-state index contributed by atoms with van der Waals surface area (Å²) in [7, 11) is 0. The molecule has 1 saturated heterocycles. The molecule has 0 atom stereocenters. The molecule has 0 aliphatic carbocycles. The van der Waals surface area contributed by atoms with Gasteiger partial charge in [0.15, 0.2) is 17.0 Å². The Bertz CT molecular complexity index is 1050. The average molecular weight is 416 g/mol. The first-order valence-corrected chi connectivity index (χ1v) is 10.4. The Morgan fingerprint density at radius 1 is 0.867 bits per heavy atom. The van der Waals surface area contributed by atoms with Gasteiger partial charge in [0, 0.05) is 44.8 Å². The molecule has 0 unspecified atom stereocenters. The highest BCUT2D eigenvalue weighted by molar-refractivity contribution is 5.84. The molecule has 9 heteroatoms. The van der Waals surface area contributed by atoms with E-state index in [0.29, 0.717) is 31.9 Å². The highest BCUT2D eigenvalue weighted by Gasteiger charge is 2.31. The van der Waals surface area contributed by atoms with Gasteiger partial charge in [0.05, 0.1) is 5.56 Å². The Morgan fingerprint density at radius 3 is 2.47 bits per heavy atom. The normalized spacial score (nSPS) is 17.8. The summed E-state index contributed by atoms with van der Waals surface area (Å²) in [6.07, 6.45) is 1.70. The molecule has 6 nitrogen and oxygen atoms in total. The van der Waals surface area contributed by atoms with Crippen molar-refractivity contribution in [1.29, 1.82) is 0 Å². The molecule has 0 amide bonds. The third kappa shape index (κ3) is 3.46. The molecule has 0 spiro atoms. The second kappa shape index (κ2) is 7.45. The third-order valence-corrected chi connectivity index (χ3v) is 5.99. The topological polar surface area (TPSA) is 50.1 Å². The van der Waals surface area contributed by atoms with E-state index in [1.807, 2.05) is 4.90 Å². The number of aryl methyl sites for hydroxylation is 2. The van der Waals surface area contributed by atoms with Gasteiger partial charge < -0.3 is 14.4 Å². The van der Waals surface area contributed by atoms with Crippen LogP contribution in [-0.2, 0) is 19.1 Å². The highest BCUT2D eigenvalue weighted by Crippen LogP contribution is 2.32. The van der Waals surface area contributed by atoms with Crippen LogP contribution < -0.4 is 9.80 Å². The zero-order valence-electron chi connectivity index (χ0n) is 16.6. The number of hydrogen-bond donors (Lipinski definition) is 0. The average Bonchev–Trinajstić information content (AvgIpc) is 2.94. The maximum Gasteiger partial charge on any atom is 0.416 e. The van der Waals surface area contributed by atoms with Crippen LogP contribution in [0.1, 0.15) is 30.7 Å². The SMILES string of the molecule is FC(F)(F)c1cccc(N2CCN(c3ncnc4c3nc3n4CCCCC3)CC2)c1. The minimum atomic E-state index is -4.33. The number of alkyl halides is 3. The summed E-state index contributed by atoms with van der Waals surface area (Å²) in [5, 5.41) is 0.